The van der Waals surface area contributed by atoms with Gasteiger partial charge in [0.05, 0.1) is 0 Å². The van der Waals surface area contributed by atoms with E-state index in [1.54, 1.807) is 7.05 Å². The number of thioether (sulfide) groups is 1. The Hall–Kier alpha value is -0.440. The highest BCUT2D eigenvalue weighted by Gasteiger charge is 1.88. The molecule has 0 rings (SSSR count). The van der Waals surface area contributed by atoms with Gasteiger partial charge in [-0.3, -0.25) is 4.99 Å². The smallest absolute Gasteiger partial charge is 0.157 e. The quantitative estimate of drug-likeness (QED) is 0.388. The van der Waals surface area contributed by atoms with Gasteiger partial charge in [0.15, 0.2) is 5.17 Å². The lowest BCUT2D eigenvalue weighted by Gasteiger charge is -1.97. The highest BCUT2D eigenvalue weighted by Crippen LogP contribution is 2.08. The van der Waals surface area contributed by atoms with Crippen molar-refractivity contribution in [2.45, 2.75) is 51.9 Å². The van der Waals surface area contributed by atoms with Gasteiger partial charge in [-0.1, -0.05) is 56.9 Å². The topological polar surface area (TPSA) is 38.4 Å². The van der Waals surface area contributed by atoms with Crippen molar-refractivity contribution in [3.05, 3.63) is 11.5 Å². The SMILES string of the molecule is CCCCCCCC/C=C\SC(N)=NC. The highest BCUT2D eigenvalue weighted by atomic mass is 32.2. The van der Waals surface area contributed by atoms with Gasteiger partial charge in [0.25, 0.3) is 0 Å². The molecule has 0 fully saturated rings. The second-order valence-electron chi connectivity index (χ2n) is 3.61. The second kappa shape index (κ2) is 11.6. The van der Waals surface area contributed by atoms with Crippen LogP contribution in [0.4, 0.5) is 0 Å². The number of nitrogens with zero attached hydrogens (tertiary/aromatic N) is 1. The summed E-state index contributed by atoms with van der Waals surface area (Å²) in [4.78, 5) is 3.86. The van der Waals surface area contributed by atoms with Crippen molar-refractivity contribution in [3.8, 4) is 0 Å². The maximum absolute atomic E-state index is 5.53. The second-order valence-corrected chi connectivity index (χ2v) is 4.53. The number of rotatable bonds is 8. The Bertz CT molecular complexity index is 188. The number of nitrogens with two attached hydrogens (primary N) is 1. The van der Waals surface area contributed by atoms with Crippen LogP contribution in [0.1, 0.15) is 51.9 Å². The minimum absolute atomic E-state index is 0.634. The monoisotopic (exact) mass is 228 g/mol. The molecule has 15 heavy (non-hydrogen) atoms. The van der Waals surface area contributed by atoms with E-state index in [4.69, 9.17) is 5.73 Å². The molecule has 0 atom stereocenters. The molecule has 0 aliphatic rings. The van der Waals surface area contributed by atoms with Crippen LogP contribution in [0.3, 0.4) is 0 Å². The van der Waals surface area contributed by atoms with Crippen molar-refractivity contribution in [3.63, 3.8) is 0 Å². The number of hydrogen-bond acceptors (Lipinski definition) is 2. The molecule has 88 valence electrons. The van der Waals surface area contributed by atoms with E-state index in [-0.39, 0.29) is 0 Å². The van der Waals surface area contributed by atoms with E-state index in [2.05, 4.69) is 18.0 Å². The summed E-state index contributed by atoms with van der Waals surface area (Å²) in [7, 11) is 1.71. The maximum atomic E-state index is 5.53. The molecule has 0 amide bonds. The van der Waals surface area contributed by atoms with E-state index in [1.165, 1.54) is 50.3 Å². The lowest BCUT2D eigenvalue weighted by molar-refractivity contribution is 0.611. The molecule has 0 aromatic heterocycles. The molecule has 0 spiro atoms. The van der Waals surface area contributed by atoms with Crippen LogP contribution in [0.15, 0.2) is 16.5 Å². The molecule has 0 aromatic rings. The van der Waals surface area contributed by atoms with Crippen LogP contribution in [-0.2, 0) is 0 Å². The van der Waals surface area contributed by atoms with Crippen LogP contribution < -0.4 is 5.73 Å². The molecule has 2 N–H and O–H groups in total. The van der Waals surface area contributed by atoms with E-state index in [1.807, 2.05) is 5.41 Å². The molecular weight excluding hydrogens is 204 g/mol. The molecular formula is C12H24N2S. The first kappa shape index (κ1) is 14.6. The molecule has 0 aliphatic heterocycles. The van der Waals surface area contributed by atoms with Crippen LogP contribution in [0.25, 0.3) is 0 Å². The van der Waals surface area contributed by atoms with Gasteiger partial charge in [-0.15, -0.1) is 0 Å². The zero-order valence-corrected chi connectivity index (χ0v) is 10.9. The van der Waals surface area contributed by atoms with Crippen LogP contribution in [0, 0.1) is 0 Å². The third kappa shape index (κ3) is 11.5. The van der Waals surface area contributed by atoms with Crippen LogP contribution >= 0.6 is 11.8 Å². The summed E-state index contributed by atoms with van der Waals surface area (Å²) in [5.41, 5.74) is 5.53. The Labute approximate surface area is 98.4 Å². The first-order valence-electron chi connectivity index (χ1n) is 5.85. The Balaban J connectivity index is 3.16. The summed E-state index contributed by atoms with van der Waals surface area (Å²) in [6.45, 7) is 2.25. The van der Waals surface area contributed by atoms with Gasteiger partial charge in [-0.25, -0.2) is 0 Å². The van der Waals surface area contributed by atoms with E-state index >= 15 is 0 Å². The van der Waals surface area contributed by atoms with Gasteiger partial charge >= 0.3 is 0 Å². The fraction of sp³-hybridized carbons (Fsp3) is 0.750. The first-order chi connectivity index (χ1) is 7.31. The molecule has 0 radical (unpaired) electrons. The van der Waals surface area contributed by atoms with Crippen molar-refractivity contribution in [2.24, 2.45) is 10.7 Å². The van der Waals surface area contributed by atoms with Crippen molar-refractivity contribution in [2.75, 3.05) is 7.05 Å². The van der Waals surface area contributed by atoms with Crippen molar-refractivity contribution in [1.82, 2.24) is 0 Å². The first-order valence-corrected chi connectivity index (χ1v) is 6.73. The summed E-state index contributed by atoms with van der Waals surface area (Å²) in [5, 5.41) is 2.67. The van der Waals surface area contributed by atoms with Crippen molar-refractivity contribution < 1.29 is 0 Å². The standard InChI is InChI=1S/C12H24N2S/c1-3-4-5-6-7-8-9-10-11-15-12(13)14-2/h10-11H,3-9H2,1-2H3,(H2,13,14)/b11-10-. The normalized spacial score (nSPS) is 12.5. The molecule has 0 unspecified atom stereocenters. The lowest BCUT2D eigenvalue weighted by Crippen LogP contribution is -2.03. The number of unbranched alkanes of at least 4 members (excludes halogenated alkanes) is 6. The summed E-state index contributed by atoms with van der Waals surface area (Å²) < 4.78 is 0. The lowest BCUT2D eigenvalue weighted by atomic mass is 10.1. The molecule has 0 saturated heterocycles. The Kier molecular flexibility index (Phi) is 11.3. The average Bonchev–Trinajstić information content (AvgIpc) is 2.26. The zero-order chi connectivity index (χ0) is 11.4. The fourth-order valence-corrected chi connectivity index (χ4v) is 1.76. The summed E-state index contributed by atoms with van der Waals surface area (Å²) >= 11 is 1.50. The Morgan fingerprint density at radius 1 is 1.20 bits per heavy atom. The van der Waals surface area contributed by atoms with Gasteiger partial charge < -0.3 is 5.73 Å². The van der Waals surface area contributed by atoms with Gasteiger partial charge in [0, 0.05) is 7.05 Å². The third-order valence-electron chi connectivity index (χ3n) is 2.23. The maximum Gasteiger partial charge on any atom is 0.157 e. The molecule has 3 heteroatoms. The molecule has 2 nitrogen and oxygen atoms in total. The Morgan fingerprint density at radius 3 is 2.53 bits per heavy atom. The minimum Gasteiger partial charge on any atom is -0.378 e. The van der Waals surface area contributed by atoms with E-state index in [9.17, 15) is 0 Å². The highest BCUT2D eigenvalue weighted by molar-refractivity contribution is 8.16. The zero-order valence-electron chi connectivity index (χ0n) is 10.0. The van der Waals surface area contributed by atoms with Gasteiger partial charge in [0.2, 0.25) is 0 Å². The van der Waals surface area contributed by atoms with Crippen molar-refractivity contribution >= 4 is 16.9 Å². The van der Waals surface area contributed by atoms with Gasteiger partial charge in [-0.2, -0.15) is 0 Å². The Morgan fingerprint density at radius 2 is 1.87 bits per heavy atom. The number of hydrogen-bond donors (Lipinski definition) is 1. The molecule has 0 bridgehead atoms. The van der Waals surface area contributed by atoms with E-state index in [0.717, 1.165) is 6.42 Å². The number of aliphatic imine (C=N–C) groups is 1. The summed E-state index contributed by atoms with van der Waals surface area (Å²) in [6, 6.07) is 0. The largest absolute Gasteiger partial charge is 0.378 e. The molecule has 0 aliphatic carbocycles. The number of amidine groups is 1. The molecule has 0 heterocycles. The van der Waals surface area contributed by atoms with Crippen LogP contribution in [-0.4, -0.2) is 12.2 Å². The predicted molar refractivity (Wildman–Crippen MR) is 72.3 cm³/mol. The fourth-order valence-electron chi connectivity index (χ4n) is 1.28. The van der Waals surface area contributed by atoms with Gasteiger partial charge in [-0.05, 0) is 18.2 Å². The van der Waals surface area contributed by atoms with Crippen molar-refractivity contribution in [1.29, 1.82) is 0 Å². The molecule has 0 saturated carbocycles. The third-order valence-corrected chi connectivity index (χ3v) is 2.98. The van der Waals surface area contributed by atoms with Crippen LogP contribution in [0.2, 0.25) is 0 Å². The summed E-state index contributed by atoms with van der Waals surface area (Å²) in [6.07, 6.45) is 11.5. The average molecular weight is 228 g/mol. The minimum atomic E-state index is 0.634. The predicted octanol–water partition coefficient (Wildman–Crippen LogP) is 3.93. The van der Waals surface area contributed by atoms with Gasteiger partial charge in [0.1, 0.15) is 0 Å². The number of allylic oxidation sites excluding steroid dienone is 1. The van der Waals surface area contributed by atoms with E-state index in [0.29, 0.717) is 5.17 Å². The van der Waals surface area contributed by atoms with E-state index < -0.39 is 0 Å². The molecule has 0 aromatic carbocycles. The van der Waals surface area contributed by atoms with Crippen LogP contribution in [0.5, 0.6) is 0 Å². The summed E-state index contributed by atoms with van der Waals surface area (Å²) in [5.74, 6) is 0.